The molecule has 0 aliphatic heterocycles. The van der Waals surface area contributed by atoms with Gasteiger partial charge in [0, 0.05) is 11.9 Å². The lowest BCUT2D eigenvalue weighted by molar-refractivity contribution is 0.659. The topological polar surface area (TPSA) is 30.2 Å². The minimum absolute atomic E-state index is 0.936. The minimum atomic E-state index is 0.936. The van der Waals surface area contributed by atoms with Crippen molar-refractivity contribution in [2.45, 2.75) is 25.7 Å². The Morgan fingerprint density at radius 3 is 3.07 bits per heavy atom. The molecule has 0 fully saturated rings. The third-order valence-corrected chi connectivity index (χ3v) is 3.28. The van der Waals surface area contributed by atoms with Gasteiger partial charge in [-0.05, 0) is 47.2 Å². The fourth-order valence-electron chi connectivity index (χ4n) is 1.99. The maximum absolute atomic E-state index is 4.63. The van der Waals surface area contributed by atoms with Gasteiger partial charge in [0.1, 0.15) is 0 Å². The van der Waals surface area contributed by atoms with Gasteiger partial charge in [0.2, 0.25) is 0 Å². The third-order valence-electron chi connectivity index (χ3n) is 2.73. The van der Waals surface area contributed by atoms with E-state index >= 15 is 0 Å². The molecule has 0 atom stereocenters. The monoisotopic (exact) mass is 251 g/mol. The summed E-state index contributed by atoms with van der Waals surface area (Å²) in [5.41, 5.74) is 3.55. The lowest BCUT2D eigenvalue weighted by Gasteiger charge is -2.14. The Morgan fingerprint density at radius 1 is 1.29 bits per heavy atom. The van der Waals surface area contributed by atoms with Crippen molar-refractivity contribution in [3.05, 3.63) is 28.1 Å². The molecular weight excluding hydrogens is 242 g/mol. The number of hydrogen-bond donors (Lipinski definition) is 0. The summed E-state index contributed by atoms with van der Waals surface area (Å²) >= 11 is 3.45. The molecule has 0 amide bonds. The number of hydrogen-bond acceptors (Lipinski definition) is 2. The summed E-state index contributed by atoms with van der Waals surface area (Å²) in [6.07, 6.45) is 8.72. The summed E-state index contributed by atoms with van der Waals surface area (Å²) in [6.45, 7) is 0. The highest BCUT2D eigenvalue weighted by molar-refractivity contribution is 9.10. The second-order valence-electron chi connectivity index (χ2n) is 3.68. The van der Waals surface area contributed by atoms with Gasteiger partial charge in [0.25, 0.3) is 0 Å². The van der Waals surface area contributed by atoms with Crippen molar-refractivity contribution in [1.82, 2.24) is 14.6 Å². The number of aryl methyl sites for hydroxylation is 2. The maximum atomic E-state index is 4.63. The number of halogens is 1. The molecule has 1 aliphatic rings. The molecule has 3 nitrogen and oxygen atoms in total. The Hall–Kier alpha value is -0.900. The second-order valence-corrected chi connectivity index (χ2v) is 4.53. The Morgan fingerprint density at radius 2 is 2.14 bits per heavy atom. The van der Waals surface area contributed by atoms with Gasteiger partial charge in [-0.15, -0.1) is 0 Å². The Balaban J connectivity index is 2.29. The van der Waals surface area contributed by atoms with Crippen LogP contribution in [0.15, 0.2) is 16.9 Å². The lowest BCUT2D eigenvalue weighted by Crippen LogP contribution is -2.07. The van der Waals surface area contributed by atoms with E-state index in [-0.39, 0.29) is 0 Å². The van der Waals surface area contributed by atoms with Gasteiger partial charge in [0.15, 0.2) is 5.65 Å². The standard InChI is InChI=1S/C10H10BrN3/c11-8-5-12-14-6-7-3-1-2-4-9(7)13-10(8)14/h5-6H,1-4H2. The number of fused-ring (bicyclic) bond motifs is 2. The van der Waals surface area contributed by atoms with Gasteiger partial charge in [-0.3, -0.25) is 0 Å². The zero-order valence-electron chi connectivity index (χ0n) is 7.70. The van der Waals surface area contributed by atoms with E-state index in [4.69, 9.17) is 0 Å². The van der Waals surface area contributed by atoms with Crippen LogP contribution in [0.1, 0.15) is 24.1 Å². The quantitative estimate of drug-likeness (QED) is 0.720. The van der Waals surface area contributed by atoms with Gasteiger partial charge in [-0.25, -0.2) is 9.50 Å². The molecule has 72 valence electrons. The van der Waals surface area contributed by atoms with Crippen LogP contribution >= 0.6 is 15.9 Å². The molecular formula is C10H10BrN3. The minimum Gasteiger partial charge on any atom is -0.232 e. The molecule has 2 aromatic heterocycles. The summed E-state index contributed by atoms with van der Waals surface area (Å²) in [6, 6.07) is 0. The smallest absolute Gasteiger partial charge is 0.169 e. The first kappa shape index (κ1) is 8.41. The van der Waals surface area contributed by atoms with Crippen molar-refractivity contribution in [2.24, 2.45) is 0 Å². The highest BCUT2D eigenvalue weighted by atomic mass is 79.9. The average Bonchev–Trinajstić information content (AvgIpc) is 2.57. The van der Waals surface area contributed by atoms with Crippen LogP contribution in [-0.2, 0) is 12.8 Å². The van der Waals surface area contributed by atoms with Gasteiger partial charge in [-0.1, -0.05) is 0 Å². The number of nitrogens with zero attached hydrogens (tertiary/aromatic N) is 3. The molecule has 0 saturated carbocycles. The number of rotatable bonds is 0. The first-order valence-electron chi connectivity index (χ1n) is 4.86. The summed E-state index contributed by atoms with van der Waals surface area (Å²) in [5.74, 6) is 0. The first-order chi connectivity index (χ1) is 6.84. The van der Waals surface area contributed by atoms with E-state index < -0.39 is 0 Å². The van der Waals surface area contributed by atoms with E-state index in [1.165, 1.54) is 24.1 Å². The van der Waals surface area contributed by atoms with Gasteiger partial charge in [0.05, 0.1) is 10.7 Å². The molecule has 14 heavy (non-hydrogen) atoms. The largest absolute Gasteiger partial charge is 0.232 e. The van der Waals surface area contributed by atoms with E-state index in [0.717, 1.165) is 23.0 Å². The molecule has 4 heteroatoms. The van der Waals surface area contributed by atoms with Gasteiger partial charge in [-0.2, -0.15) is 5.10 Å². The van der Waals surface area contributed by atoms with Crippen LogP contribution in [0.25, 0.3) is 5.65 Å². The molecule has 0 saturated heterocycles. The van der Waals surface area contributed by atoms with E-state index in [2.05, 4.69) is 32.2 Å². The zero-order chi connectivity index (χ0) is 9.54. The van der Waals surface area contributed by atoms with E-state index in [9.17, 15) is 0 Å². The van der Waals surface area contributed by atoms with Crippen molar-refractivity contribution in [1.29, 1.82) is 0 Å². The molecule has 0 spiro atoms. The third kappa shape index (κ3) is 1.17. The van der Waals surface area contributed by atoms with Crippen LogP contribution in [0.4, 0.5) is 0 Å². The van der Waals surface area contributed by atoms with Crippen molar-refractivity contribution >= 4 is 21.6 Å². The molecule has 0 aromatic carbocycles. The van der Waals surface area contributed by atoms with Crippen LogP contribution in [0.3, 0.4) is 0 Å². The maximum Gasteiger partial charge on any atom is 0.169 e. The predicted octanol–water partition coefficient (Wildman–Crippen LogP) is 2.37. The van der Waals surface area contributed by atoms with Gasteiger partial charge >= 0.3 is 0 Å². The lowest BCUT2D eigenvalue weighted by atomic mass is 9.98. The van der Waals surface area contributed by atoms with Crippen LogP contribution < -0.4 is 0 Å². The van der Waals surface area contributed by atoms with E-state index in [1.807, 2.05) is 4.52 Å². The fourth-order valence-corrected chi connectivity index (χ4v) is 2.35. The molecule has 2 heterocycles. The van der Waals surface area contributed by atoms with Crippen LogP contribution in [0.2, 0.25) is 0 Å². The van der Waals surface area contributed by atoms with Crippen LogP contribution in [0.5, 0.6) is 0 Å². The Kier molecular flexibility index (Phi) is 1.83. The van der Waals surface area contributed by atoms with Gasteiger partial charge < -0.3 is 0 Å². The predicted molar refractivity (Wildman–Crippen MR) is 57.3 cm³/mol. The van der Waals surface area contributed by atoms with Crippen molar-refractivity contribution in [3.63, 3.8) is 0 Å². The second kappa shape index (κ2) is 3.05. The average molecular weight is 252 g/mol. The Labute approximate surface area is 90.3 Å². The molecule has 0 radical (unpaired) electrons. The molecule has 3 rings (SSSR count). The van der Waals surface area contributed by atoms with Crippen LogP contribution in [-0.4, -0.2) is 14.6 Å². The highest BCUT2D eigenvalue weighted by Crippen LogP contribution is 2.22. The Bertz CT molecular complexity index is 489. The van der Waals surface area contributed by atoms with Crippen molar-refractivity contribution in [2.75, 3.05) is 0 Å². The SMILES string of the molecule is Brc1cnn2cc3c(nc12)CCCC3. The van der Waals surface area contributed by atoms with Crippen LogP contribution in [0, 0.1) is 0 Å². The summed E-state index contributed by atoms with van der Waals surface area (Å²) in [5, 5.41) is 4.23. The fraction of sp³-hybridized carbons (Fsp3) is 0.400. The van der Waals surface area contributed by atoms with E-state index in [1.54, 1.807) is 6.20 Å². The first-order valence-corrected chi connectivity index (χ1v) is 5.65. The summed E-state index contributed by atoms with van der Waals surface area (Å²) in [4.78, 5) is 4.63. The summed E-state index contributed by atoms with van der Waals surface area (Å²) in [7, 11) is 0. The molecule has 0 bridgehead atoms. The van der Waals surface area contributed by atoms with Crippen molar-refractivity contribution < 1.29 is 0 Å². The highest BCUT2D eigenvalue weighted by Gasteiger charge is 2.13. The van der Waals surface area contributed by atoms with E-state index in [0.29, 0.717) is 0 Å². The zero-order valence-corrected chi connectivity index (χ0v) is 9.29. The molecule has 0 unspecified atom stereocenters. The molecule has 1 aliphatic carbocycles. The normalized spacial score (nSPS) is 15.8. The molecule has 2 aromatic rings. The number of aromatic nitrogens is 3. The molecule has 0 N–H and O–H groups in total. The van der Waals surface area contributed by atoms with Crippen molar-refractivity contribution in [3.8, 4) is 0 Å². The summed E-state index contributed by atoms with van der Waals surface area (Å²) < 4.78 is 2.83.